The first kappa shape index (κ1) is 33.2. The highest BCUT2D eigenvalue weighted by atomic mass is 14.9. The number of hydrogen-bond acceptors (Lipinski definition) is 0. The van der Waals surface area contributed by atoms with Crippen LogP contribution in [0.25, 0.3) is 0 Å². The van der Waals surface area contributed by atoms with Crippen molar-refractivity contribution in [2.75, 3.05) is 0 Å². The van der Waals surface area contributed by atoms with Crippen molar-refractivity contribution in [3.63, 3.8) is 0 Å². The number of hydrogen-bond donors (Lipinski definition) is 0. The van der Waals surface area contributed by atoms with E-state index in [0.717, 1.165) is 77.5 Å². The van der Waals surface area contributed by atoms with Crippen LogP contribution in [0.15, 0.2) is 110 Å². The molecule has 4 heterocycles. The number of rotatable bonds is 16. The van der Waals surface area contributed by atoms with Gasteiger partial charge in [-0.15, -0.1) is 0 Å². The van der Waals surface area contributed by atoms with Gasteiger partial charge in [-0.25, -0.2) is 18.3 Å². The SMILES string of the molecule is Cc1ccc[n+](CCCc2cc(CCC[n+]3cccc(C)c3)c(CCC[n+]3cccc(C)c3)cc2CCC[n+]2cccc(C)c2)c1. The lowest BCUT2D eigenvalue weighted by Crippen LogP contribution is -2.33. The van der Waals surface area contributed by atoms with Crippen molar-refractivity contribution in [2.45, 2.75) is 105 Å². The van der Waals surface area contributed by atoms with E-state index < -0.39 is 0 Å². The first-order valence-electron chi connectivity index (χ1n) is 17.4. The van der Waals surface area contributed by atoms with Gasteiger partial charge in [0.15, 0.2) is 49.6 Å². The summed E-state index contributed by atoms with van der Waals surface area (Å²) in [6.45, 7) is 12.9. The first-order valence-corrected chi connectivity index (χ1v) is 17.4. The number of pyridine rings is 4. The number of aryl methyl sites for hydroxylation is 12. The minimum Gasteiger partial charge on any atom is -0.205 e. The summed E-state index contributed by atoms with van der Waals surface area (Å²) in [6, 6.07) is 22.6. The molecular weight excluding hydrogens is 560 g/mol. The molecule has 0 aliphatic carbocycles. The molecule has 0 aliphatic rings. The van der Waals surface area contributed by atoms with Gasteiger partial charge in [0.25, 0.3) is 0 Å². The molecule has 4 aromatic heterocycles. The Balaban J connectivity index is 1.36. The molecule has 46 heavy (non-hydrogen) atoms. The van der Waals surface area contributed by atoms with Gasteiger partial charge in [-0.2, -0.15) is 0 Å². The normalized spacial score (nSPS) is 11.2. The third-order valence-electron chi connectivity index (χ3n) is 9.00. The fourth-order valence-corrected chi connectivity index (χ4v) is 6.70. The zero-order valence-corrected chi connectivity index (χ0v) is 28.7. The first-order chi connectivity index (χ1) is 22.4. The predicted molar refractivity (Wildman–Crippen MR) is 185 cm³/mol. The average molecular weight is 615 g/mol. The van der Waals surface area contributed by atoms with E-state index in [1.807, 2.05) is 0 Å². The zero-order chi connectivity index (χ0) is 32.1. The Morgan fingerprint density at radius 1 is 0.370 bits per heavy atom. The molecule has 0 unspecified atom stereocenters. The van der Waals surface area contributed by atoms with Gasteiger partial charge in [-0.1, -0.05) is 12.1 Å². The molecule has 0 atom stereocenters. The van der Waals surface area contributed by atoms with Crippen molar-refractivity contribution in [3.05, 3.63) is 155 Å². The molecule has 0 fully saturated rings. The molecule has 1 aromatic carbocycles. The van der Waals surface area contributed by atoms with Crippen LogP contribution < -0.4 is 18.3 Å². The predicted octanol–water partition coefficient (Wildman–Crippen LogP) is 6.60. The quantitative estimate of drug-likeness (QED) is 0.111. The van der Waals surface area contributed by atoms with Crippen molar-refractivity contribution >= 4 is 0 Å². The molecule has 4 heteroatoms. The van der Waals surface area contributed by atoms with E-state index in [2.05, 4.69) is 156 Å². The molecule has 0 aliphatic heterocycles. The fraction of sp³-hybridized carbons (Fsp3) is 0.381. The Morgan fingerprint density at radius 2 is 0.609 bits per heavy atom. The highest BCUT2D eigenvalue weighted by Crippen LogP contribution is 2.23. The maximum atomic E-state index is 2.60. The van der Waals surface area contributed by atoms with E-state index in [1.54, 1.807) is 22.3 Å². The van der Waals surface area contributed by atoms with Crippen LogP contribution in [0.3, 0.4) is 0 Å². The summed E-state index contributed by atoms with van der Waals surface area (Å²) in [7, 11) is 0. The van der Waals surface area contributed by atoms with Gasteiger partial charge in [0.05, 0.1) is 0 Å². The smallest absolute Gasteiger partial charge is 0.171 e. The van der Waals surface area contributed by atoms with Crippen LogP contribution in [0, 0.1) is 27.7 Å². The van der Waals surface area contributed by atoms with Crippen molar-refractivity contribution < 1.29 is 18.3 Å². The maximum absolute atomic E-state index is 2.60. The summed E-state index contributed by atoms with van der Waals surface area (Å²) in [6.07, 6.45) is 27.0. The highest BCUT2D eigenvalue weighted by molar-refractivity contribution is 5.39. The van der Waals surface area contributed by atoms with E-state index in [1.165, 1.54) is 22.3 Å². The molecule has 0 N–H and O–H groups in total. The third kappa shape index (κ3) is 10.4. The summed E-state index contributed by atoms with van der Waals surface area (Å²) in [4.78, 5) is 0. The van der Waals surface area contributed by atoms with Crippen molar-refractivity contribution in [3.8, 4) is 0 Å². The van der Waals surface area contributed by atoms with Crippen molar-refractivity contribution in [1.82, 2.24) is 0 Å². The molecular formula is C42H54N4+4. The van der Waals surface area contributed by atoms with Gasteiger partial charge in [-0.05, 0) is 99.9 Å². The molecule has 0 radical (unpaired) electrons. The average Bonchev–Trinajstić information content (AvgIpc) is 3.03. The molecule has 0 spiro atoms. The molecule has 5 rings (SSSR count). The Labute approximate surface area is 277 Å². The van der Waals surface area contributed by atoms with Gasteiger partial charge >= 0.3 is 0 Å². The number of nitrogens with zero attached hydrogens (tertiary/aromatic N) is 4. The Morgan fingerprint density at radius 3 is 0.826 bits per heavy atom. The van der Waals surface area contributed by atoms with Crippen LogP contribution >= 0.6 is 0 Å². The zero-order valence-electron chi connectivity index (χ0n) is 28.7. The Hall–Kier alpha value is -4.18. The largest absolute Gasteiger partial charge is 0.205 e. The number of benzene rings is 1. The molecule has 4 nitrogen and oxygen atoms in total. The van der Waals surface area contributed by atoms with Gasteiger partial charge in [0.1, 0.15) is 26.2 Å². The van der Waals surface area contributed by atoms with Crippen LogP contribution in [0.2, 0.25) is 0 Å². The van der Waals surface area contributed by atoms with Crippen LogP contribution in [-0.2, 0) is 51.9 Å². The van der Waals surface area contributed by atoms with E-state index in [9.17, 15) is 0 Å². The monoisotopic (exact) mass is 614 g/mol. The molecule has 0 amide bonds. The Kier molecular flexibility index (Phi) is 12.2. The van der Waals surface area contributed by atoms with Gasteiger partial charge in [0, 0.05) is 72.2 Å². The molecule has 0 saturated carbocycles. The number of aromatic nitrogens is 4. The topological polar surface area (TPSA) is 15.5 Å². The molecule has 0 bridgehead atoms. The minimum absolute atomic E-state index is 1.05. The highest BCUT2D eigenvalue weighted by Gasteiger charge is 2.14. The van der Waals surface area contributed by atoms with Gasteiger partial charge < -0.3 is 0 Å². The fourth-order valence-electron chi connectivity index (χ4n) is 6.70. The minimum atomic E-state index is 1.05. The van der Waals surface area contributed by atoms with E-state index in [4.69, 9.17) is 0 Å². The summed E-state index contributed by atoms with van der Waals surface area (Å²) < 4.78 is 9.39. The molecule has 5 aromatic rings. The van der Waals surface area contributed by atoms with E-state index >= 15 is 0 Å². The summed E-state index contributed by atoms with van der Waals surface area (Å²) in [5.74, 6) is 0. The third-order valence-corrected chi connectivity index (χ3v) is 9.00. The lowest BCUT2D eigenvalue weighted by molar-refractivity contribution is -0.697. The van der Waals surface area contributed by atoms with Crippen molar-refractivity contribution in [2.24, 2.45) is 0 Å². The van der Waals surface area contributed by atoms with E-state index in [0.29, 0.717) is 0 Å². The summed E-state index contributed by atoms with van der Waals surface area (Å²) in [5.41, 5.74) is 11.5. The van der Waals surface area contributed by atoms with Gasteiger partial charge in [0.2, 0.25) is 0 Å². The van der Waals surface area contributed by atoms with Crippen LogP contribution in [-0.4, -0.2) is 0 Å². The van der Waals surface area contributed by atoms with E-state index in [-0.39, 0.29) is 0 Å². The van der Waals surface area contributed by atoms with Crippen LogP contribution in [0.4, 0.5) is 0 Å². The lowest BCUT2D eigenvalue weighted by atomic mass is 9.89. The lowest BCUT2D eigenvalue weighted by Gasteiger charge is -2.17. The van der Waals surface area contributed by atoms with Gasteiger partial charge in [-0.3, -0.25) is 0 Å². The second kappa shape index (κ2) is 16.9. The molecule has 238 valence electrons. The molecule has 0 saturated heterocycles. The summed E-state index contributed by atoms with van der Waals surface area (Å²) >= 11 is 0. The Bertz CT molecular complexity index is 1460. The standard InChI is InChI=1S/C42H54N4/c1-35-13-5-21-43(31-35)25-9-17-39-29-41(19-11-27-45-23-7-15-37(3)33-45)42(20-12-28-46-24-8-16-38(4)34-46)30-40(39)18-10-26-44-22-6-14-36(2)32-44/h5-8,13-16,21-24,29-34H,9-12,17-20,25-28H2,1-4H3/q+4. The maximum Gasteiger partial charge on any atom is 0.171 e. The summed E-state index contributed by atoms with van der Waals surface area (Å²) in [5, 5.41) is 0. The van der Waals surface area contributed by atoms with Crippen LogP contribution in [0.5, 0.6) is 0 Å². The van der Waals surface area contributed by atoms with Crippen LogP contribution in [0.1, 0.15) is 70.2 Å². The second-order valence-corrected chi connectivity index (χ2v) is 13.3. The second-order valence-electron chi connectivity index (χ2n) is 13.3. The van der Waals surface area contributed by atoms with Crippen molar-refractivity contribution in [1.29, 1.82) is 0 Å².